The van der Waals surface area contributed by atoms with E-state index < -0.39 is 11.4 Å². The Morgan fingerprint density at radius 3 is 2.44 bits per heavy atom. The fraction of sp³-hybridized carbons (Fsp3) is 0.571. The van der Waals surface area contributed by atoms with Crippen molar-refractivity contribution in [1.82, 2.24) is 0 Å². The van der Waals surface area contributed by atoms with Crippen LogP contribution in [0.1, 0.15) is 38.2 Å². The zero-order chi connectivity index (χ0) is 13.1. The molecule has 4 heteroatoms. The average molecular weight is 270 g/mol. The van der Waals surface area contributed by atoms with Crippen LogP contribution in [0.4, 0.5) is 0 Å². The van der Waals surface area contributed by atoms with Gasteiger partial charge in [-0.15, -0.1) is 0 Å². The van der Waals surface area contributed by atoms with Crippen molar-refractivity contribution in [3.63, 3.8) is 0 Å². The SMILES string of the molecule is CCOS(=O)OCCCCCCc1ccccc1. The minimum atomic E-state index is -1.56. The molecule has 0 radical (unpaired) electrons. The summed E-state index contributed by atoms with van der Waals surface area (Å²) >= 11 is -1.56. The minimum absolute atomic E-state index is 0.420. The third-order valence-electron chi connectivity index (χ3n) is 2.60. The molecule has 0 heterocycles. The van der Waals surface area contributed by atoms with Gasteiger partial charge in [-0.25, -0.2) is 0 Å². The Labute approximate surface area is 112 Å². The Morgan fingerprint density at radius 1 is 1.00 bits per heavy atom. The predicted octanol–water partition coefficient (Wildman–Crippen LogP) is 3.42. The summed E-state index contributed by atoms with van der Waals surface area (Å²) in [6, 6.07) is 10.5. The molecular formula is C14H22O3S. The molecule has 102 valence electrons. The Morgan fingerprint density at radius 2 is 1.72 bits per heavy atom. The molecule has 3 nitrogen and oxygen atoms in total. The van der Waals surface area contributed by atoms with E-state index >= 15 is 0 Å². The molecule has 0 saturated carbocycles. The molecule has 1 aromatic rings. The first-order valence-electron chi connectivity index (χ1n) is 6.55. The van der Waals surface area contributed by atoms with Crippen LogP contribution in [0.3, 0.4) is 0 Å². The quantitative estimate of drug-likeness (QED) is 0.611. The van der Waals surface area contributed by atoms with Crippen LogP contribution in [0.25, 0.3) is 0 Å². The van der Waals surface area contributed by atoms with Crippen molar-refractivity contribution in [2.75, 3.05) is 13.2 Å². The van der Waals surface area contributed by atoms with E-state index in [-0.39, 0.29) is 0 Å². The number of benzene rings is 1. The van der Waals surface area contributed by atoms with Crippen molar-refractivity contribution in [3.8, 4) is 0 Å². The number of unbranched alkanes of at least 4 members (excludes halogenated alkanes) is 3. The molecule has 1 rings (SSSR count). The van der Waals surface area contributed by atoms with Gasteiger partial charge in [0.25, 0.3) is 0 Å². The molecule has 0 spiro atoms. The molecule has 18 heavy (non-hydrogen) atoms. The summed E-state index contributed by atoms with van der Waals surface area (Å²) < 4.78 is 20.8. The van der Waals surface area contributed by atoms with Crippen LogP contribution in [0, 0.1) is 0 Å². The molecule has 0 aliphatic carbocycles. The molecule has 1 unspecified atom stereocenters. The Balaban J connectivity index is 1.92. The maximum atomic E-state index is 11.0. The van der Waals surface area contributed by atoms with Crippen LogP contribution < -0.4 is 0 Å². The number of hydrogen-bond acceptors (Lipinski definition) is 3. The summed E-state index contributed by atoms with van der Waals surface area (Å²) in [4.78, 5) is 0. The first kappa shape index (κ1) is 15.3. The average Bonchev–Trinajstić information content (AvgIpc) is 2.39. The van der Waals surface area contributed by atoms with Crippen molar-refractivity contribution < 1.29 is 12.6 Å². The fourth-order valence-electron chi connectivity index (χ4n) is 1.69. The van der Waals surface area contributed by atoms with Gasteiger partial charge in [-0.1, -0.05) is 43.2 Å². The number of aryl methyl sites for hydroxylation is 1. The van der Waals surface area contributed by atoms with Gasteiger partial charge in [0.05, 0.1) is 13.2 Å². The van der Waals surface area contributed by atoms with E-state index in [4.69, 9.17) is 8.37 Å². The monoisotopic (exact) mass is 270 g/mol. The number of rotatable bonds is 10. The minimum Gasteiger partial charge on any atom is -0.269 e. The summed E-state index contributed by atoms with van der Waals surface area (Å²) in [7, 11) is 0. The van der Waals surface area contributed by atoms with Crippen molar-refractivity contribution in [1.29, 1.82) is 0 Å². The van der Waals surface area contributed by atoms with E-state index in [1.165, 1.54) is 18.4 Å². The summed E-state index contributed by atoms with van der Waals surface area (Å²) in [6.45, 7) is 2.73. The fourth-order valence-corrected chi connectivity index (χ4v) is 2.20. The topological polar surface area (TPSA) is 35.5 Å². The predicted molar refractivity (Wildman–Crippen MR) is 74.3 cm³/mol. The summed E-state index contributed by atoms with van der Waals surface area (Å²) in [5.74, 6) is 0. The standard InChI is InChI=1S/C14H22O3S/c1-2-16-18(15)17-13-9-4-3-6-10-14-11-7-5-8-12-14/h5,7-8,11-12H,2-4,6,9-10,13H2,1H3. The van der Waals surface area contributed by atoms with Crippen LogP contribution >= 0.6 is 0 Å². The van der Waals surface area contributed by atoms with Crippen LogP contribution in [0.15, 0.2) is 30.3 Å². The highest BCUT2D eigenvalue weighted by molar-refractivity contribution is 7.75. The maximum Gasteiger partial charge on any atom is 0.304 e. The first-order valence-corrected chi connectivity index (χ1v) is 7.55. The first-order chi connectivity index (χ1) is 8.83. The largest absolute Gasteiger partial charge is 0.304 e. The van der Waals surface area contributed by atoms with Gasteiger partial charge >= 0.3 is 11.4 Å². The second-order valence-corrected chi connectivity index (χ2v) is 4.96. The normalized spacial score (nSPS) is 12.5. The molecule has 0 aliphatic heterocycles. The summed E-state index contributed by atoms with van der Waals surface area (Å²) in [6.07, 6.45) is 5.55. The molecule has 0 aromatic heterocycles. The van der Waals surface area contributed by atoms with Gasteiger partial charge in [-0.05, 0) is 31.7 Å². The molecular weight excluding hydrogens is 248 g/mol. The van der Waals surface area contributed by atoms with Gasteiger partial charge in [-0.3, -0.25) is 8.37 Å². The highest BCUT2D eigenvalue weighted by Gasteiger charge is 1.98. The Bertz CT molecular complexity index is 327. The van der Waals surface area contributed by atoms with E-state index in [0.29, 0.717) is 13.2 Å². The zero-order valence-corrected chi connectivity index (χ0v) is 11.8. The van der Waals surface area contributed by atoms with Crippen molar-refractivity contribution in [2.24, 2.45) is 0 Å². The lowest BCUT2D eigenvalue weighted by atomic mass is 10.1. The van der Waals surface area contributed by atoms with Gasteiger partial charge in [0.2, 0.25) is 0 Å². The maximum absolute atomic E-state index is 11.0. The van der Waals surface area contributed by atoms with E-state index in [1.54, 1.807) is 6.92 Å². The molecule has 0 bridgehead atoms. The highest BCUT2D eigenvalue weighted by Crippen LogP contribution is 2.07. The molecule has 1 aromatic carbocycles. The van der Waals surface area contributed by atoms with Crippen molar-refractivity contribution in [2.45, 2.75) is 39.0 Å². The number of hydrogen-bond donors (Lipinski definition) is 0. The molecule has 0 N–H and O–H groups in total. The summed E-state index contributed by atoms with van der Waals surface area (Å²) in [5.41, 5.74) is 1.39. The van der Waals surface area contributed by atoms with E-state index in [2.05, 4.69) is 24.3 Å². The van der Waals surface area contributed by atoms with Gasteiger partial charge in [0, 0.05) is 0 Å². The molecule has 0 aliphatic rings. The molecule has 0 saturated heterocycles. The smallest absolute Gasteiger partial charge is 0.269 e. The Kier molecular flexibility index (Phi) is 8.73. The second kappa shape index (κ2) is 10.2. The molecule has 0 amide bonds. The summed E-state index contributed by atoms with van der Waals surface area (Å²) in [5, 5.41) is 0. The van der Waals surface area contributed by atoms with Crippen molar-refractivity contribution in [3.05, 3.63) is 35.9 Å². The van der Waals surface area contributed by atoms with E-state index in [0.717, 1.165) is 19.3 Å². The van der Waals surface area contributed by atoms with E-state index in [9.17, 15) is 4.21 Å². The van der Waals surface area contributed by atoms with Gasteiger partial charge in [-0.2, -0.15) is 4.21 Å². The second-order valence-electron chi connectivity index (χ2n) is 4.08. The Hall–Kier alpha value is -0.710. The molecule has 0 fully saturated rings. The van der Waals surface area contributed by atoms with Crippen LogP contribution in [-0.4, -0.2) is 17.4 Å². The molecule has 1 atom stereocenters. The van der Waals surface area contributed by atoms with Crippen LogP contribution in [0.5, 0.6) is 0 Å². The third kappa shape index (κ3) is 7.58. The highest BCUT2D eigenvalue weighted by atomic mass is 32.2. The van der Waals surface area contributed by atoms with Gasteiger partial charge in [0.1, 0.15) is 0 Å². The van der Waals surface area contributed by atoms with Crippen LogP contribution in [-0.2, 0) is 26.1 Å². The van der Waals surface area contributed by atoms with Gasteiger partial charge in [0.15, 0.2) is 0 Å². The lowest BCUT2D eigenvalue weighted by Gasteiger charge is -2.03. The lowest BCUT2D eigenvalue weighted by Crippen LogP contribution is -2.03. The zero-order valence-electron chi connectivity index (χ0n) is 11.0. The third-order valence-corrected chi connectivity index (χ3v) is 3.38. The van der Waals surface area contributed by atoms with Crippen LogP contribution in [0.2, 0.25) is 0 Å². The lowest BCUT2D eigenvalue weighted by molar-refractivity contribution is 0.253. The van der Waals surface area contributed by atoms with Crippen molar-refractivity contribution >= 4 is 11.4 Å². The van der Waals surface area contributed by atoms with Gasteiger partial charge < -0.3 is 0 Å². The van der Waals surface area contributed by atoms with E-state index in [1.807, 2.05) is 6.07 Å².